The highest BCUT2D eigenvalue weighted by atomic mass is 79.9. The topological polar surface area (TPSA) is 62.2 Å². The average Bonchev–Trinajstić information content (AvgIpc) is 3.58. The minimum Gasteiger partial charge on any atom is -0.452 e. The monoisotopic (exact) mass is 903 g/mol. The van der Waals surface area contributed by atoms with Gasteiger partial charge in [0.15, 0.2) is 11.0 Å². The van der Waals surface area contributed by atoms with Crippen LogP contribution in [0.25, 0.3) is 0 Å². The Bertz CT molecular complexity index is 2660. The predicted octanol–water partition coefficient (Wildman–Crippen LogP) is 11.5. The molecular weight excluding hydrogens is 874 g/mol. The highest BCUT2D eigenvalue weighted by Gasteiger charge is 2.80. The van der Waals surface area contributed by atoms with Crippen molar-refractivity contribution in [2.75, 3.05) is 9.80 Å². The molecule has 6 nitrogen and oxygen atoms in total. The normalized spacial score (nSPS) is 19.9. The molecule has 2 atom stereocenters. The van der Waals surface area contributed by atoms with Crippen molar-refractivity contribution in [3.8, 4) is 0 Å². The summed E-state index contributed by atoms with van der Waals surface area (Å²) in [5.41, 5.74) is 1.55. The van der Waals surface area contributed by atoms with Gasteiger partial charge in [-0.3, -0.25) is 19.4 Å². The van der Waals surface area contributed by atoms with E-state index < -0.39 is 22.6 Å². The van der Waals surface area contributed by atoms with Crippen LogP contribution in [0.3, 0.4) is 0 Å². The van der Waals surface area contributed by atoms with Gasteiger partial charge < -0.3 is 4.74 Å². The van der Waals surface area contributed by atoms with E-state index >= 15 is 9.59 Å². The third-order valence-corrected chi connectivity index (χ3v) is 13.0. The van der Waals surface area contributed by atoms with E-state index in [1.54, 1.807) is 15.9 Å². The second kappa shape index (κ2) is 13.9. The maximum atomic E-state index is 15.8. The highest BCUT2D eigenvalue weighted by Crippen LogP contribution is 2.66. The van der Waals surface area contributed by atoms with Gasteiger partial charge in [0.1, 0.15) is 5.41 Å². The molecular formula is C49H32Br2ClN3O3. The predicted molar refractivity (Wildman–Crippen MR) is 236 cm³/mol. The van der Waals surface area contributed by atoms with Gasteiger partial charge in [-0.05, 0) is 89.0 Å². The third kappa shape index (κ3) is 4.98. The van der Waals surface area contributed by atoms with Crippen LogP contribution in [0.5, 0.6) is 0 Å². The van der Waals surface area contributed by atoms with Crippen molar-refractivity contribution in [1.29, 1.82) is 0 Å². The van der Waals surface area contributed by atoms with Gasteiger partial charge >= 0.3 is 0 Å². The molecule has 7 aromatic carbocycles. The number of hydrogen-bond donors (Lipinski definition) is 0. The number of benzene rings is 7. The van der Waals surface area contributed by atoms with Crippen molar-refractivity contribution in [3.05, 3.63) is 230 Å². The van der Waals surface area contributed by atoms with Gasteiger partial charge in [0, 0.05) is 30.9 Å². The average molecular weight is 906 g/mol. The number of nitrogens with zero attached hydrogens (tertiary/aromatic N) is 3. The van der Waals surface area contributed by atoms with Gasteiger partial charge in [0.2, 0.25) is 18.0 Å². The molecule has 0 N–H and O–H groups in total. The lowest BCUT2D eigenvalue weighted by atomic mass is 9.51. The van der Waals surface area contributed by atoms with E-state index in [-0.39, 0.29) is 17.7 Å². The molecule has 0 bridgehead atoms. The smallest absolute Gasteiger partial charge is 0.250 e. The molecule has 0 unspecified atom stereocenters. The van der Waals surface area contributed by atoms with E-state index in [4.69, 9.17) is 21.3 Å². The van der Waals surface area contributed by atoms with Crippen molar-refractivity contribution < 1.29 is 14.3 Å². The molecule has 0 aliphatic carbocycles. The summed E-state index contributed by atoms with van der Waals surface area (Å²) >= 11 is 14.1. The van der Waals surface area contributed by atoms with Crippen LogP contribution in [0, 0.1) is 0 Å². The van der Waals surface area contributed by atoms with Crippen molar-refractivity contribution in [2.24, 2.45) is 4.99 Å². The Hall–Kier alpha value is -5.80. The summed E-state index contributed by atoms with van der Waals surface area (Å²) in [7, 11) is 0. The van der Waals surface area contributed by atoms with Crippen LogP contribution >= 0.6 is 43.5 Å². The standard InChI is InChI=1S/C49H32Br2ClN3O3/c50-36-21-26-39(27-22-36)54-44(56)47(32-13-5-1-6-14-32,33-15-7-2-8-16-33)46(54)58-43-49(41-31-38(52)25-30-42(41)53-43)48(34-17-9-3-10-18-34,35-19-11-4-12-20-35)45(57)55(49)40-28-23-37(51)24-29-40/h1-31,46H/t46-,49+/m1/s1. The number of carbonyl (C=O) groups excluding carboxylic acids is 2. The summed E-state index contributed by atoms with van der Waals surface area (Å²) in [5.74, 6) is -0.0590. The van der Waals surface area contributed by atoms with E-state index in [0.29, 0.717) is 27.6 Å². The third-order valence-electron chi connectivity index (χ3n) is 11.7. The summed E-state index contributed by atoms with van der Waals surface area (Å²) < 4.78 is 9.38. The molecule has 1 spiro atoms. The first-order valence-corrected chi connectivity index (χ1v) is 20.8. The Labute approximate surface area is 357 Å². The summed E-state index contributed by atoms with van der Waals surface area (Å²) in [6, 6.07) is 60.0. The zero-order valence-corrected chi connectivity index (χ0v) is 34.6. The van der Waals surface area contributed by atoms with E-state index in [0.717, 1.165) is 31.2 Å². The number of carbonyl (C=O) groups is 2. The van der Waals surface area contributed by atoms with Crippen LogP contribution in [0.1, 0.15) is 27.8 Å². The van der Waals surface area contributed by atoms with Gasteiger partial charge in [0.25, 0.3) is 5.91 Å². The van der Waals surface area contributed by atoms with Gasteiger partial charge in [-0.15, -0.1) is 0 Å². The summed E-state index contributed by atoms with van der Waals surface area (Å²) in [6.07, 6.45) is -0.960. The lowest BCUT2D eigenvalue weighted by Crippen LogP contribution is -2.83. The van der Waals surface area contributed by atoms with Crippen LogP contribution in [-0.4, -0.2) is 23.9 Å². The molecule has 2 fully saturated rings. The number of β-lactam (4-membered cyclic amide) rings is 2. The number of aliphatic imine (C=N–C) groups is 1. The van der Waals surface area contributed by atoms with Crippen LogP contribution in [-0.2, 0) is 30.7 Å². The molecule has 3 aliphatic heterocycles. The van der Waals surface area contributed by atoms with Crippen LogP contribution in [0.15, 0.2) is 202 Å². The van der Waals surface area contributed by atoms with E-state index in [9.17, 15) is 0 Å². The largest absolute Gasteiger partial charge is 0.452 e. The summed E-state index contributed by atoms with van der Waals surface area (Å²) in [6.45, 7) is 0. The molecule has 2 amide bonds. The van der Waals surface area contributed by atoms with Gasteiger partial charge in [-0.25, -0.2) is 4.99 Å². The summed E-state index contributed by atoms with van der Waals surface area (Å²) in [4.78, 5) is 40.0. The molecule has 282 valence electrons. The molecule has 2 saturated heterocycles. The van der Waals surface area contributed by atoms with Gasteiger partial charge in [-0.1, -0.05) is 165 Å². The van der Waals surface area contributed by atoms with E-state index in [1.807, 2.05) is 182 Å². The molecule has 0 radical (unpaired) electrons. The van der Waals surface area contributed by atoms with Crippen LogP contribution < -0.4 is 9.80 Å². The van der Waals surface area contributed by atoms with Gasteiger partial charge in [-0.2, -0.15) is 0 Å². The molecule has 0 saturated carbocycles. The fourth-order valence-corrected chi connectivity index (χ4v) is 10.0. The minimum atomic E-state index is -1.43. The van der Waals surface area contributed by atoms with Crippen LogP contribution in [0.2, 0.25) is 5.02 Å². The molecule has 58 heavy (non-hydrogen) atoms. The maximum Gasteiger partial charge on any atom is 0.250 e. The molecule has 7 aromatic rings. The zero-order chi connectivity index (χ0) is 39.6. The molecule has 10 rings (SSSR count). The number of anilines is 2. The SMILES string of the molecule is O=C1N(c2ccc(Br)cc2)[C@H](OC2=Nc3ccc(Cl)cc3[C@]23N(c2ccc(Br)cc2)C(=O)C3(c2ccccc2)c2ccccc2)C1(c1ccccc1)c1ccccc1. The second-order valence-corrected chi connectivity index (χ2v) is 16.8. The maximum absolute atomic E-state index is 15.8. The molecule has 9 heteroatoms. The van der Waals surface area contributed by atoms with E-state index in [1.165, 1.54) is 0 Å². The van der Waals surface area contributed by atoms with Crippen molar-refractivity contribution in [1.82, 2.24) is 0 Å². The zero-order valence-electron chi connectivity index (χ0n) is 30.7. The Morgan fingerprint density at radius 1 is 0.552 bits per heavy atom. The first-order chi connectivity index (χ1) is 28.3. The first kappa shape index (κ1) is 36.5. The number of fused-ring (bicyclic) bond motifs is 2. The Morgan fingerprint density at radius 2 is 1.02 bits per heavy atom. The van der Waals surface area contributed by atoms with Crippen molar-refractivity contribution in [3.63, 3.8) is 0 Å². The number of halogens is 3. The highest BCUT2D eigenvalue weighted by molar-refractivity contribution is 9.10. The first-order valence-electron chi connectivity index (χ1n) is 18.8. The lowest BCUT2D eigenvalue weighted by molar-refractivity contribution is -0.141. The van der Waals surface area contributed by atoms with Crippen LogP contribution in [0.4, 0.5) is 17.1 Å². The van der Waals surface area contributed by atoms with Crippen molar-refractivity contribution in [2.45, 2.75) is 22.6 Å². The number of hydrogen-bond acceptors (Lipinski definition) is 4. The second-order valence-electron chi connectivity index (χ2n) is 14.5. The van der Waals surface area contributed by atoms with Gasteiger partial charge in [0.05, 0.1) is 5.69 Å². The fraction of sp³-hybridized carbons (Fsp3) is 0.0816. The quantitative estimate of drug-likeness (QED) is 0.150. The fourth-order valence-electron chi connectivity index (χ4n) is 9.32. The van der Waals surface area contributed by atoms with Crippen molar-refractivity contribution >= 4 is 78.2 Å². The van der Waals surface area contributed by atoms with E-state index in [2.05, 4.69) is 31.9 Å². The Morgan fingerprint density at radius 3 is 1.52 bits per heavy atom. The molecule has 0 aromatic heterocycles. The summed E-state index contributed by atoms with van der Waals surface area (Å²) in [5, 5.41) is 0.484. The molecule has 3 heterocycles. The Balaban J connectivity index is 1.29. The minimum absolute atomic E-state index is 0.155. The number of amides is 2. The molecule has 3 aliphatic rings. The lowest BCUT2D eigenvalue weighted by Gasteiger charge is -2.64. The number of ether oxygens (including phenoxy) is 1. The number of rotatable bonds is 7. The Kier molecular flexibility index (Phi) is 8.78.